The van der Waals surface area contributed by atoms with Crippen molar-refractivity contribution in [3.8, 4) is 6.07 Å². The highest BCUT2D eigenvalue weighted by atomic mass is 16.4. The van der Waals surface area contributed by atoms with Crippen LogP contribution in [0, 0.1) is 17.2 Å². The van der Waals surface area contributed by atoms with Crippen molar-refractivity contribution in [2.24, 2.45) is 5.92 Å². The van der Waals surface area contributed by atoms with Crippen LogP contribution in [0.3, 0.4) is 0 Å². The van der Waals surface area contributed by atoms with Crippen molar-refractivity contribution in [3.63, 3.8) is 0 Å². The van der Waals surface area contributed by atoms with E-state index in [0.29, 0.717) is 17.5 Å². The van der Waals surface area contributed by atoms with Crippen molar-refractivity contribution < 1.29 is 14.7 Å². The van der Waals surface area contributed by atoms with E-state index in [4.69, 9.17) is 10.4 Å². The summed E-state index contributed by atoms with van der Waals surface area (Å²) in [6.07, 6.45) is 0.372. The predicted octanol–water partition coefficient (Wildman–Crippen LogP) is 1.79. The third kappa shape index (κ3) is 4.43. The van der Waals surface area contributed by atoms with E-state index in [1.54, 1.807) is 0 Å². The summed E-state index contributed by atoms with van der Waals surface area (Å²) in [6, 6.07) is 7.10. The molecule has 0 heterocycles. The largest absolute Gasteiger partial charge is 0.480 e. The van der Waals surface area contributed by atoms with Gasteiger partial charge in [0.25, 0.3) is 5.91 Å². The molecule has 0 saturated heterocycles. The van der Waals surface area contributed by atoms with Crippen molar-refractivity contribution >= 4 is 11.9 Å². The standard InChI is InChI=1S/C14H16N2O3/c1-9(2)7-12(14(18)19)16-13(17)11-5-3-10(8-15)4-6-11/h3-6,9,12H,7H2,1-2H3,(H,16,17)(H,18,19). The van der Waals surface area contributed by atoms with Crippen molar-refractivity contribution in [1.29, 1.82) is 5.26 Å². The Kier molecular flexibility index (Phi) is 5.07. The van der Waals surface area contributed by atoms with Crippen LogP contribution in [0.4, 0.5) is 0 Å². The van der Waals surface area contributed by atoms with Gasteiger partial charge in [-0.3, -0.25) is 4.79 Å². The Labute approximate surface area is 111 Å². The number of carboxylic acids is 1. The van der Waals surface area contributed by atoms with Crippen LogP contribution in [0.15, 0.2) is 24.3 Å². The second kappa shape index (κ2) is 6.55. The van der Waals surface area contributed by atoms with Crippen LogP contribution in [0.2, 0.25) is 0 Å². The van der Waals surface area contributed by atoms with Crippen LogP contribution in [0.25, 0.3) is 0 Å². The maximum absolute atomic E-state index is 11.9. The van der Waals surface area contributed by atoms with Crippen molar-refractivity contribution in [3.05, 3.63) is 35.4 Å². The number of nitriles is 1. The van der Waals surface area contributed by atoms with E-state index in [1.807, 2.05) is 19.9 Å². The molecule has 0 aliphatic heterocycles. The molecule has 1 aromatic rings. The van der Waals surface area contributed by atoms with Gasteiger partial charge in [0.2, 0.25) is 0 Å². The molecule has 19 heavy (non-hydrogen) atoms. The smallest absolute Gasteiger partial charge is 0.326 e. The van der Waals surface area contributed by atoms with E-state index in [0.717, 1.165) is 0 Å². The first-order valence-electron chi connectivity index (χ1n) is 5.98. The van der Waals surface area contributed by atoms with Gasteiger partial charge in [-0.1, -0.05) is 13.8 Å². The lowest BCUT2D eigenvalue weighted by Gasteiger charge is -2.16. The number of hydrogen-bond donors (Lipinski definition) is 2. The van der Waals surface area contributed by atoms with Crippen LogP contribution in [0.5, 0.6) is 0 Å². The Hall–Kier alpha value is -2.35. The number of rotatable bonds is 5. The second-order valence-electron chi connectivity index (χ2n) is 4.68. The van der Waals surface area contributed by atoms with E-state index in [2.05, 4.69) is 5.32 Å². The number of amides is 1. The molecule has 0 aliphatic carbocycles. The first-order chi connectivity index (χ1) is 8.93. The van der Waals surface area contributed by atoms with Gasteiger partial charge in [-0.25, -0.2) is 4.79 Å². The Bertz CT molecular complexity index is 500. The SMILES string of the molecule is CC(C)CC(NC(=O)c1ccc(C#N)cc1)C(=O)O. The summed E-state index contributed by atoms with van der Waals surface area (Å²) in [5.41, 5.74) is 0.794. The third-order valence-corrected chi connectivity index (χ3v) is 2.59. The molecule has 5 nitrogen and oxygen atoms in total. The van der Waals surface area contributed by atoms with E-state index >= 15 is 0 Å². The zero-order chi connectivity index (χ0) is 14.4. The minimum atomic E-state index is -1.05. The summed E-state index contributed by atoms with van der Waals surface area (Å²) >= 11 is 0. The van der Waals surface area contributed by atoms with Crippen molar-refractivity contribution in [2.75, 3.05) is 0 Å². The highest BCUT2D eigenvalue weighted by Crippen LogP contribution is 2.08. The highest BCUT2D eigenvalue weighted by Gasteiger charge is 2.21. The van der Waals surface area contributed by atoms with Crippen LogP contribution in [-0.4, -0.2) is 23.0 Å². The minimum Gasteiger partial charge on any atom is -0.480 e. The fourth-order valence-corrected chi connectivity index (χ4v) is 1.63. The van der Waals surface area contributed by atoms with Gasteiger partial charge in [-0.2, -0.15) is 5.26 Å². The molecule has 5 heteroatoms. The lowest BCUT2D eigenvalue weighted by molar-refractivity contribution is -0.139. The molecule has 1 atom stereocenters. The number of carbonyl (C=O) groups excluding carboxylic acids is 1. The molecule has 0 aliphatic rings. The molecular formula is C14H16N2O3. The number of carboxylic acid groups (broad SMARTS) is 1. The fourth-order valence-electron chi connectivity index (χ4n) is 1.63. The van der Waals surface area contributed by atoms with Gasteiger partial charge < -0.3 is 10.4 Å². The van der Waals surface area contributed by atoms with Gasteiger partial charge in [0, 0.05) is 5.56 Å². The number of carbonyl (C=O) groups is 2. The highest BCUT2D eigenvalue weighted by molar-refractivity contribution is 5.96. The first-order valence-corrected chi connectivity index (χ1v) is 5.98. The average molecular weight is 260 g/mol. The fraction of sp³-hybridized carbons (Fsp3) is 0.357. The lowest BCUT2D eigenvalue weighted by atomic mass is 10.0. The van der Waals surface area contributed by atoms with Crippen molar-refractivity contribution in [1.82, 2.24) is 5.32 Å². The zero-order valence-corrected chi connectivity index (χ0v) is 10.9. The van der Waals surface area contributed by atoms with Crippen LogP contribution < -0.4 is 5.32 Å². The molecule has 0 saturated carbocycles. The first kappa shape index (κ1) is 14.7. The van der Waals surface area contributed by atoms with Gasteiger partial charge in [0.15, 0.2) is 0 Å². The zero-order valence-electron chi connectivity index (χ0n) is 10.9. The van der Waals surface area contributed by atoms with Crippen LogP contribution in [0.1, 0.15) is 36.2 Å². The van der Waals surface area contributed by atoms with Gasteiger partial charge >= 0.3 is 5.97 Å². The third-order valence-electron chi connectivity index (χ3n) is 2.59. The number of aliphatic carboxylic acids is 1. The Balaban J connectivity index is 2.76. The predicted molar refractivity (Wildman–Crippen MR) is 69.5 cm³/mol. The van der Waals surface area contributed by atoms with Gasteiger partial charge in [0.05, 0.1) is 11.6 Å². The molecule has 0 radical (unpaired) electrons. The molecule has 1 rings (SSSR count). The molecular weight excluding hydrogens is 244 g/mol. The molecule has 100 valence electrons. The molecule has 0 bridgehead atoms. The molecule has 1 aromatic carbocycles. The molecule has 0 spiro atoms. The lowest BCUT2D eigenvalue weighted by Crippen LogP contribution is -2.41. The maximum atomic E-state index is 11.9. The summed E-state index contributed by atoms with van der Waals surface area (Å²) in [5.74, 6) is -1.32. The molecule has 0 fully saturated rings. The van der Waals surface area contributed by atoms with Crippen molar-refractivity contribution in [2.45, 2.75) is 26.3 Å². The van der Waals surface area contributed by atoms with Crippen LogP contribution in [-0.2, 0) is 4.79 Å². The Morgan fingerprint density at radius 2 is 1.89 bits per heavy atom. The average Bonchev–Trinajstić information content (AvgIpc) is 2.37. The normalized spacial score (nSPS) is 11.7. The van der Waals surface area contributed by atoms with E-state index < -0.39 is 17.9 Å². The Morgan fingerprint density at radius 1 is 1.32 bits per heavy atom. The van der Waals surface area contributed by atoms with Gasteiger partial charge in [-0.15, -0.1) is 0 Å². The number of benzene rings is 1. The van der Waals surface area contributed by atoms with E-state index in [1.165, 1.54) is 24.3 Å². The maximum Gasteiger partial charge on any atom is 0.326 e. The monoisotopic (exact) mass is 260 g/mol. The topological polar surface area (TPSA) is 90.2 Å². The number of hydrogen-bond acceptors (Lipinski definition) is 3. The summed E-state index contributed by atoms with van der Waals surface area (Å²) in [6.45, 7) is 3.79. The van der Waals surface area contributed by atoms with E-state index in [-0.39, 0.29) is 5.92 Å². The van der Waals surface area contributed by atoms with Gasteiger partial charge in [0.1, 0.15) is 6.04 Å². The molecule has 0 aromatic heterocycles. The second-order valence-corrected chi connectivity index (χ2v) is 4.68. The summed E-state index contributed by atoms with van der Waals surface area (Å²) < 4.78 is 0. The quantitative estimate of drug-likeness (QED) is 0.844. The summed E-state index contributed by atoms with van der Waals surface area (Å²) in [4.78, 5) is 22.9. The van der Waals surface area contributed by atoms with Gasteiger partial charge in [-0.05, 0) is 36.6 Å². The molecule has 1 amide bonds. The van der Waals surface area contributed by atoms with Crippen LogP contribution >= 0.6 is 0 Å². The molecule has 2 N–H and O–H groups in total. The Morgan fingerprint density at radius 3 is 2.32 bits per heavy atom. The van der Waals surface area contributed by atoms with E-state index in [9.17, 15) is 9.59 Å². The minimum absolute atomic E-state index is 0.169. The number of nitrogens with one attached hydrogen (secondary N) is 1. The number of nitrogens with zero attached hydrogens (tertiary/aromatic N) is 1. The summed E-state index contributed by atoms with van der Waals surface area (Å²) in [5, 5.41) is 20.2. The molecule has 1 unspecified atom stereocenters. The summed E-state index contributed by atoms with van der Waals surface area (Å²) in [7, 11) is 0.